The summed E-state index contributed by atoms with van der Waals surface area (Å²) in [6, 6.07) is 3.46. The summed E-state index contributed by atoms with van der Waals surface area (Å²) in [5, 5.41) is 8.60. The van der Waals surface area contributed by atoms with Crippen molar-refractivity contribution in [2.45, 2.75) is 32.4 Å². The standard InChI is InChI=1S/C14H17NO4/c1-10-4-5-11(6-7-13(16)17)14(18)15(10)9-12-3-2-8-19-12/h4-7,12H,2-3,8-9H2,1H3,(H,16,17)/b7-6+. The highest BCUT2D eigenvalue weighted by atomic mass is 16.5. The van der Waals surface area contributed by atoms with Gasteiger partial charge in [0.1, 0.15) is 0 Å². The molecule has 1 aliphatic rings. The third-order valence-electron chi connectivity index (χ3n) is 3.24. The van der Waals surface area contributed by atoms with Crippen molar-refractivity contribution >= 4 is 12.0 Å². The van der Waals surface area contributed by atoms with Crippen LogP contribution in [0.15, 0.2) is 23.0 Å². The minimum Gasteiger partial charge on any atom is -0.478 e. The number of aromatic nitrogens is 1. The summed E-state index contributed by atoms with van der Waals surface area (Å²) in [6.07, 6.45) is 4.37. The van der Waals surface area contributed by atoms with Gasteiger partial charge in [-0.25, -0.2) is 4.79 Å². The van der Waals surface area contributed by atoms with E-state index in [-0.39, 0.29) is 11.7 Å². The number of aryl methyl sites for hydroxylation is 1. The molecule has 1 unspecified atom stereocenters. The maximum atomic E-state index is 12.3. The van der Waals surface area contributed by atoms with Crippen LogP contribution in [-0.2, 0) is 16.1 Å². The van der Waals surface area contributed by atoms with E-state index >= 15 is 0 Å². The molecule has 1 aromatic heterocycles. The van der Waals surface area contributed by atoms with Crippen molar-refractivity contribution in [1.29, 1.82) is 0 Å². The van der Waals surface area contributed by atoms with Crippen LogP contribution in [0.5, 0.6) is 0 Å². The molecule has 5 nitrogen and oxygen atoms in total. The second-order valence-electron chi connectivity index (χ2n) is 4.65. The van der Waals surface area contributed by atoms with Crippen molar-refractivity contribution in [3.8, 4) is 0 Å². The molecule has 1 aromatic rings. The maximum absolute atomic E-state index is 12.3. The lowest BCUT2D eigenvalue weighted by molar-refractivity contribution is -0.131. The lowest BCUT2D eigenvalue weighted by atomic mass is 10.2. The number of carboxylic acids is 1. The minimum absolute atomic E-state index is 0.0788. The normalized spacial score (nSPS) is 19.1. The van der Waals surface area contributed by atoms with Gasteiger partial charge in [-0.2, -0.15) is 0 Å². The first kappa shape index (κ1) is 13.5. The summed E-state index contributed by atoms with van der Waals surface area (Å²) in [6.45, 7) is 3.14. The molecule has 0 amide bonds. The third-order valence-corrected chi connectivity index (χ3v) is 3.24. The lowest BCUT2D eigenvalue weighted by Gasteiger charge is -2.15. The first-order chi connectivity index (χ1) is 9.08. The molecule has 2 heterocycles. The molecule has 5 heteroatoms. The predicted octanol–water partition coefficient (Wildman–Crippen LogP) is 1.43. The molecule has 102 valence electrons. The summed E-state index contributed by atoms with van der Waals surface area (Å²) >= 11 is 0. The Balaban J connectivity index is 2.28. The number of aliphatic carboxylic acids is 1. The molecular weight excluding hydrogens is 246 g/mol. The van der Waals surface area contributed by atoms with E-state index in [1.165, 1.54) is 6.08 Å². The molecule has 19 heavy (non-hydrogen) atoms. The topological polar surface area (TPSA) is 68.5 Å². The van der Waals surface area contributed by atoms with E-state index in [9.17, 15) is 9.59 Å². The Morgan fingerprint density at radius 2 is 2.37 bits per heavy atom. The largest absolute Gasteiger partial charge is 0.478 e. The van der Waals surface area contributed by atoms with Crippen molar-refractivity contribution < 1.29 is 14.6 Å². The van der Waals surface area contributed by atoms with Crippen LogP contribution in [0.3, 0.4) is 0 Å². The van der Waals surface area contributed by atoms with Gasteiger partial charge in [-0.1, -0.05) is 0 Å². The second kappa shape index (κ2) is 5.84. The van der Waals surface area contributed by atoms with Crippen molar-refractivity contribution in [3.05, 3.63) is 39.8 Å². The number of ether oxygens (including phenoxy) is 1. The smallest absolute Gasteiger partial charge is 0.328 e. The quantitative estimate of drug-likeness (QED) is 0.834. The number of carboxylic acid groups (broad SMARTS) is 1. The van der Waals surface area contributed by atoms with Gasteiger partial charge in [-0.05, 0) is 38.0 Å². The van der Waals surface area contributed by atoms with Crippen LogP contribution >= 0.6 is 0 Å². The van der Waals surface area contributed by atoms with Gasteiger partial charge in [0.25, 0.3) is 5.56 Å². The first-order valence-corrected chi connectivity index (χ1v) is 6.31. The average Bonchev–Trinajstić information content (AvgIpc) is 2.86. The maximum Gasteiger partial charge on any atom is 0.328 e. The van der Waals surface area contributed by atoms with Crippen molar-refractivity contribution in [2.75, 3.05) is 6.61 Å². The Labute approximate surface area is 111 Å². The number of nitrogens with zero attached hydrogens (tertiary/aromatic N) is 1. The zero-order valence-electron chi connectivity index (χ0n) is 10.8. The summed E-state index contributed by atoms with van der Waals surface area (Å²) < 4.78 is 7.18. The van der Waals surface area contributed by atoms with E-state index in [4.69, 9.17) is 9.84 Å². The van der Waals surface area contributed by atoms with Gasteiger partial charge in [-0.3, -0.25) is 4.79 Å². The van der Waals surface area contributed by atoms with Crippen LogP contribution in [0.2, 0.25) is 0 Å². The van der Waals surface area contributed by atoms with Crippen molar-refractivity contribution in [1.82, 2.24) is 4.57 Å². The SMILES string of the molecule is Cc1ccc(/C=C/C(=O)O)c(=O)n1CC1CCCO1. The molecular formula is C14H17NO4. The summed E-state index contributed by atoms with van der Waals surface area (Å²) in [5.41, 5.74) is 1.06. The van der Waals surface area contributed by atoms with E-state index in [1.54, 1.807) is 10.6 Å². The van der Waals surface area contributed by atoms with Crippen molar-refractivity contribution in [2.24, 2.45) is 0 Å². The van der Waals surface area contributed by atoms with Gasteiger partial charge in [0.05, 0.1) is 12.6 Å². The lowest BCUT2D eigenvalue weighted by Crippen LogP contribution is -2.29. The van der Waals surface area contributed by atoms with Gasteiger partial charge in [0, 0.05) is 23.9 Å². The molecule has 0 saturated carbocycles. The monoisotopic (exact) mass is 263 g/mol. The van der Waals surface area contributed by atoms with Crippen LogP contribution in [0.25, 0.3) is 6.08 Å². The third kappa shape index (κ3) is 3.32. The Morgan fingerprint density at radius 1 is 1.58 bits per heavy atom. The Hall–Kier alpha value is -1.88. The van der Waals surface area contributed by atoms with Crippen LogP contribution in [0.1, 0.15) is 24.1 Å². The molecule has 0 aromatic carbocycles. The summed E-state index contributed by atoms with van der Waals surface area (Å²) in [7, 11) is 0. The van der Waals surface area contributed by atoms with E-state index in [0.717, 1.165) is 31.2 Å². The van der Waals surface area contributed by atoms with Crippen LogP contribution in [0.4, 0.5) is 0 Å². The highest BCUT2D eigenvalue weighted by Crippen LogP contribution is 2.14. The van der Waals surface area contributed by atoms with Gasteiger partial charge in [-0.15, -0.1) is 0 Å². The zero-order chi connectivity index (χ0) is 13.8. The molecule has 0 bridgehead atoms. The first-order valence-electron chi connectivity index (χ1n) is 6.31. The van der Waals surface area contributed by atoms with Crippen LogP contribution in [0, 0.1) is 6.92 Å². The van der Waals surface area contributed by atoms with Gasteiger partial charge in [0.15, 0.2) is 0 Å². The predicted molar refractivity (Wildman–Crippen MR) is 71.1 cm³/mol. The van der Waals surface area contributed by atoms with E-state index in [0.29, 0.717) is 12.1 Å². The van der Waals surface area contributed by atoms with E-state index in [2.05, 4.69) is 0 Å². The molecule has 1 saturated heterocycles. The molecule has 2 rings (SSSR count). The molecule has 0 aliphatic carbocycles. The highest BCUT2D eigenvalue weighted by Gasteiger charge is 2.17. The molecule has 0 radical (unpaired) electrons. The molecule has 0 spiro atoms. The second-order valence-corrected chi connectivity index (χ2v) is 4.65. The van der Waals surface area contributed by atoms with Gasteiger partial charge in [0.2, 0.25) is 0 Å². The fraction of sp³-hybridized carbons (Fsp3) is 0.429. The number of hydrogen-bond acceptors (Lipinski definition) is 3. The fourth-order valence-electron chi connectivity index (χ4n) is 2.19. The number of pyridine rings is 1. The molecule has 1 atom stereocenters. The number of hydrogen-bond donors (Lipinski definition) is 1. The Kier molecular flexibility index (Phi) is 4.16. The molecule has 1 N–H and O–H groups in total. The Bertz CT molecular complexity index is 553. The summed E-state index contributed by atoms with van der Waals surface area (Å²) in [4.78, 5) is 22.8. The van der Waals surface area contributed by atoms with Gasteiger partial charge < -0.3 is 14.4 Å². The van der Waals surface area contributed by atoms with E-state index in [1.807, 2.05) is 13.0 Å². The van der Waals surface area contributed by atoms with E-state index < -0.39 is 5.97 Å². The average molecular weight is 263 g/mol. The molecule has 1 fully saturated rings. The minimum atomic E-state index is -1.06. The van der Waals surface area contributed by atoms with Crippen LogP contribution < -0.4 is 5.56 Å². The summed E-state index contributed by atoms with van der Waals surface area (Å²) in [5.74, 6) is -1.06. The van der Waals surface area contributed by atoms with Gasteiger partial charge >= 0.3 is 5.97 Å². The number of rotatable bonds is 4. The fourth-order valence-corrected chi connectivity index (χ4v) is 2.19. The highest BCUT2D eigenvalue weighted by molar-refractivity contribution is 5.85. The number of carbonyl (C=O) groups is 1. The Morgan fingerprint density at radius 3 is 3.00 bits per heavy atom. The van der Waals surface area contributed by atoms with Crippen molar-refractivity contribution in [3.63, 3.8) is 0 Å². The zero-order valence-corrected chi connectivity index (χ0v) is 10.8. The molecule has 1 aliphatic heterocycles. The van der Waals surface area contributed by atoms with Crippen LogP contribution in [-0.4, -0.2) is 28.4 Å².